The van der Waals surface area contributed by atoms with Crippen molar-refractivity contribution in [2.24, 2.45) is 0 Å². The maximum absolute atomic E-state index is 11.8. The van der Waals surface area contributed by atoms with Crippen LogP contribution in [-0.4, -0.2) is 47.6 Å². The van der Waals surface area contributed by atoms with E-state index in [9.17, 15) is 9.59 Å². The Morgan fingerprint density at radius 3 is 2.53 bits per heavy atom. The molecule has 1 fully saturated rings. The van der Waals surface area contributed by atoms with Crippen molar-refractivity contribution in [2.75, 3.05) is 19.6 Å². The average molecular weight is 242 g/mol. The third-order valence-electron chi connectivity index (χ3n) is 3.07. The molecular formula is C12H22N2O3. The van der Waals surface area contributed by atoms with Crippen molar-refractivity contribution in [3.05, 3.63) is 0 Å². The molecule has 0 aromatic carbocycles. The lowest BCUT2D eigenvalue weighted by Crippen LogP contribution is -2.43. The minimum absolute atomic E-state index is 0.110. The molecule has 0 unspecified atom stereocenters. The summed E-state index contributed by atoms with van der Waals surface area (Å²) in [6.45, 7) is 2.51. The summed E-state index contributed by atoms with van der Waals surface area (Å²) >= 11 is 0. The summed E-state index contributed by atoms with van der Waals surface area (Å²) in [5, 5.41) is 11.9. The minimum atomic E-state index is -0.951. The van der Waals surface area contributed by atoms with E-state index in [-0.39, 0.29) is 19.0 Å². The van der Waals surface area contributed by atoms with Crippen LogP contribution in [0.4, 0.5) is 0 Å². The van der Waals surface area contributed by atoms with Crippen molar-refractivity contribution in [1.82, 2.24) is 10.2 Å². The number of carboxylic acids is 1. The summed E-state index contributed by atoms with van der Waals surface area (Å²) in [5.41, 5.74) is 0. The first kappa shape index (κ1) is 14.0. The Bertz CT molecular complexity index is 262. The number of nitrogens with zero attached hydrogens (tertiary/aromatic N) is 1. The van der Waals surface area contributed by atoms with Crippen LogP contribution in [-0.2, 0) is 9.59 Å². The first-order valence-corrected chi connectivity index (χ1v) is 6.36. The molecule has 1 saturated carbocycles. The highest BCUT2D eigenvalue weighted by atomic mass is 16.4. The molecule has 98 valence electrons. The number of carbonyl (C=O) groups excluding carboxylic acids is 1. The Morgan fingerprint density at radius 2 is 2.00 bits per heavy atom. The van der Waals surface area contributed by atoms with Crippen molar-refractivity contribution < 1.29 is 14.7 Å². The number of rotatable bonds is 7. The lowest BCUT2D eigenvalue weighted by molar-refractivity contribution is -0.144. The first-order valence-electron chi connectivity index (χ1n) is 6.36. The highest BCUT2D eigenvalue weighted by Gasteiger charge is 2.19. The van der Waals surface area contributed by atoms with E-state index in [0.717, 1.165) is 19.3 Å². The van der Waals surface area contributed by atoms with Crippen LogP contribution in [0.1, 0.15) is 39.0 Å². The number of hydrogen-bond donors (Lipinski definition) is 2. The van der Waals surface area contributed by atoms with Crippen molar-refractivity contribution in [2.45, 2.75) is 45.1 Å². The van der Waals surface area contributed by atoms with Gasteiger partial charge in [-0.05, 0) is 19.3 Å². The summed E-state index contributed by atoms with van der Waals surface area (Å²) in [4.78, 5) is 23.9. The van der Waals surface area contributed by atoms with E-state index in [1.54, 1.807) is 0 Å². The van der Waals surface area contributed by atoms with E-state index in [4.69, 9.17) is 5.11 Å². The van der Waals surface area contributed by atoms with E-state index in [0.29, 0.717) is 12.6 Å². The van der Waals surface area contributed by atoms with Gasteiger partial charge >= 0.3 is 5.97 Å². The standard InChI is InChI=1S/C12H22N2O3/c1-2-7-14(9-12(16)17)11(15)8-13-10-5-3-4-6-10/h10,13H,2-9H2,1H3,(H,16,17). The molecule has 1 aliphatic rings. The van der Waals surface area contributed by atoms with Crippen LogP contribution in [0.2, 0.25) is 0 Å². The molecule has 0 heterocycles. The van der Waals surface area contributed by atoms with Crippen molar-refractivity contribution in [3.8, 4) is 0 Å². The molecular weight excluding hydrogens is 220 g/mol. The van der Waals surface area contributed by atoms with Crippen molar-refractivity contribution >= 4 is 11.9 Å². The Morgan fingerprint density at radius 1 is 1.35 bits per heavy atom. The third-order valence-corrected chi connectivity index (χ3v) is 3.07. The van der Waals surface area contributed by atoms with Crippen LogP contribution in [0.25, 0.3) is 0 Å². The molecule has 0 saturated heterocycles. The summed E-state index contributed by atoms with van der Waals surface area (Å²) in [7, 11) is 0. The zero-order valence-electron chi connectivity index (χ0n) is 10.4. The highest BCUT2D eigenvalue weighted by Crippen LogP contribution is 2.17. The second-order valence-electron chi connectivity index (χ2n) is 4.57. The van der Waals surface area contributed by atoms with Gasteiger partial charge in [0.15, 0.2) is 0 Å². The molecule has 5 heteroatoms. The molecule has 1 rings (SSSR count). The van der Waals surface area contributed by atoms with E-state index in [1.165, 1.54) is 17.7 Å². The largest absolute Gasteiger partial charge is 0.480 e. The number of nitrogens with one attached hydrogen (secondary N) is 1. The summed E-state index contributed by atoms with van der Waals surface area (Å²) in [6, 6.07) is 0.437. The molecule has 0 atom stereocenters. The molecule has 1 amide bonds. The molecule has 0 aliphatic heterocycles. The normalized spacial score (nSPS) is 16.1. The maximum Gasteiger partial charge on any atom is 0.323 e. The Hall–Kier alpha value is -1.10. The van der Waals surface area contributed by atoms with Gasteiger partial charge in [0.25, 0.3) is 0 Å². The lowest BCUT2D eigenvalue weighted by atomic mass is 10.2. The predicted molar refractivity (Wildman–Crippen MR) is 64.8 cm³/mol. The van der Waals surface area contributed by atoms with Gasteiger partial charge in [-0.25, -0.2) is 0 Å². The Kier molecular flexibility index (Phi) is 5.97. The van der Waals surface area contributed by atoms with Gasteiger partial charge in [-0.2, -0.15) is 0 Å². The van der Waals surface area contributed by atoms with Gasteiger partial charge in [0, 0.05) is 12.6 Å². The fourth-order valence-electron chi connectivity index (χ4n) is 2.20. The smallest absolute Gasteiger partial charge is 0.323 e. The zero-order valence-corrected chi connectivity index (χ0v) is 10.4. The molecule has 0 bridgehead atoms. The molecule has 2 N–H and O–H groups in total. The molecule has 0 aromatic heterocycles. The zero-order chi connectivity index (χ0) is 12.7. The van der Waals surface area contributed by atoms with Crippen LogP contribution < -0.4 is 5.32 Å². The minimum Gasteiger partial charge on any atom is -0.480 e. The number of carbonyl (C=O) groups is 2. The maximum atomic E-state index is 11.8. The first-order chi connectivity index (χ1) is 8.13. The van der Waals surface area contributed by atoms with Gasteiger partial charge in [-0.15, -0.1) is 0 Å². The Balaban J connectivity index is 2.32. The van der Waals surface area contributed by atoms with Crippen molar-refractivity contribution in [1.29, 1.82) is 0 Å². The van der Waals surface area contributed by atoms with Gasteiger partial charge in [0.05, 0.1) is 6.54 Å². The van der Waals surface area contributed by atoms with E-state index >= 15 is 0 Å². The van der Waals surface area contributed by atoms with Gasteiger partial charge < -0.3 is 15.3 Å². The fourth-order valence-corrected chi connectivity index (χ4v) is 2.20. The third kappa shape index (κ3) is 5.17. The van der Waals surface area contributed by atoms with E-state index in [2.05, 4.69) is 5.32 Å². The highest BCUT2D eigenvalue weighted by molar-refractivity contribution is 5.82. The second-order valence-corrected chi connectivity index (χ2v) is 4.57. The van der Waals surface area contributed by atoms with Crippen LogP contribution in [0.3, 0.4) is 0 Å². The monoisotopic (exact) mass is 242 g/mol. The molecule has 0 spiro atoms. The number of amides is 1. The van der Waals surface area contributed by atoms with Crippen LogP contribution in [0.15, 0.2) is 0 Å². The van der Waals surface area contributed by atoms with Gasteiger partial charge in [-0.1, -0.05) is 19.8 Å². The average Bonchev–Trinajstić information content (AvgIpc) is 2.77. The SMILES string of the molecule is CCCN(CC(=O)O)C(=O)CNC1CCCC1. The molecule has 1 aliphatic carbocycles. The van der Waals surface area contributed by atoms with Gasteiger partial charge in [0.2, 0.25) is 5.91 Å². The van der Waals surface area contributed by atoms with Crippen LogP contribution in [0.5, 0.6) is 0 Å². The number of carboxylic acid groups (broad SMARTS) is 1. The van der Waals surface area contributed by atoms with Gasteiger partial charge in [0.1, 0.15) is 6.54 Å². The molecule has 0 radical (unpaired) electrons. The molecule has 5 nitrogen and oxygen atoms in total. The number of aliphatic carboxylic acids is 1. The molecule has 0 aromatic rings. The quantitative estimate of drug-likeness (QED) is 0.694. The van der Waals surface area contributed by atoms with E-state index < -0.39 is 5.97 Å². The topological polar surface area (TPSA) is 69.6 Å². The number of hydrogen-bond acceptors (Lipinski definition) is 3. The summed E-state index contributed by atoms with van der Waals surface area (Å²) in [5.74, 6) is -1.06. The fraction of sp³-hybridized carbons (Fsp3) is 0.833. The van der Waals surface area contributed by atoms with Crippen LogP contribution >= 0.6 is 0 Å². The lowest BCUT2D eigenvalue weighted by Gasteiger charge is -2.21. The summed E-state index contributed by atoms with van der Waals surface area (Å²) in [6.07, 6.45) is 5.47. The van der Waals surface area contributed by atoms with Crippen LogP contribution in [0, 0.1) is 0 Å². The predicted octanol–water partition coefficient (Wildman–Crippen LogP) is 0.842. The summed E-state index contributed by atoms with van der Waals surface area (Å²) < 4.78 is 0. The Labute approximate surface area is 102 Å². The van der Waals surface area contributed by atoms with Gasteiger partial charge in [-0.3, -0.25) is 9.59 Å². The second kappa shape index (κ2) is 7.27. The molecule has 17 heavy (non-hydrogen) atoms. The van der Waals surface area contributed by atoms with E-state index in [1.807, 2.05) is 6.92 Å². The van der Waals surface area contributed by atoms with Crippen molar-refractivity contribution in [3.63, 3.8) is 0 Å².